The van der Waals surface area contributed by atoms with Crippen LogP contribution >= 0.6 is 0 Å². The van der Waals surface area contributed by atoms with Gasteiger partial charge in [0.25, 0.3) is 0 Å². The maximum absolute atomic E-state index is 14.4. The van der Waals surface area contributed by atoms with Gasteiger partial charge < -0.3 is 51.1 Å². The zero-order valence-corrected chi connectivity index (χ0v) is 38.7. The highest BCUT2D eigenvalue weighted by molar-refractivity contribution is 5.95. The minimum atomic E-state index is -1.40. The van der Waals surface area contributed by atoms with Crippen LogP contribution in [0.25, 0.3) is 0 Å². The van der Waals surface area contributed by atoms with Crippen LogP contribution in [-0.2, 0) is 36.8 Å². The molecule has 4 atom stereocenters. The Balaban J connectivity index is 1.28. The Bertz CT molecular complexity index is 1920. The first-order chi connectivity index (χ1) is 30.9. The van der Waals surface area contributed by atoms with E-state index in [2.05, 4.69) is 26.6 Å². The van der Waals surface area contributed by atoms with E-state index in [0.29, 0.717) is 51.1 Å². The van der Waals surface area contributed by atoms with Crippen molar-refractivity contribution in [3.05, 3.63) is 71.8 Å². The highest BCUT2D eigenvalue weighted by Gasteiger charge is 2.48. The lowest BCUT2D eigenvalue weighted by atomic mass is 9.72. The van der Waals surface area contributed by atoms with Crippen molar-refractivity contribution in [3.63, 3.8) is 0 Å². The highest BCUT2D eigenvalue weighted by Crippen LogP contribution is 2.41. The third kappa shape index (κ3) is 15.7. The maximum Gasteiger partial charge on any atom is 0.407 e. The maximum atomic E-state index is 14.4. The average Bonchev–Trinajstić information content (AvgIpc) is 3.79. The number of urea groups is 1. The molecule has 65 heavy (non-hydrogen) atoms. The van der Waals surface area contributed by atoms with Gasteiger partial charge in [0.05, 0.1) is 0 Å². The third-order valence-corrected chi connectivity index (χ3v) is 12.2. The van der Waals surface area contributed by atoms with Gasteiger partial charge in [0, 0.05) is 64.1 Å². The molecule has 5 rings (SSSR count). The molecule has 0 aromatic heterocycles. The van der Waals surface area contributed by atoms with Crippen LogP contribution in [0, 0.1) is 11.3 Å². The molecule has 0 bridgehead atoms. The Morgan fingerprint density at radius 3 is 1.69 bits per heavy atom. The molecule has 3 fully saturated rings. The van der Waals surface area contributed by atoms with Gasteiger partial charge in [-0.15, -0.1) is 0 Å². The van der Waals surface area contributed by atoms with Gasteiger partial charge in [-0.2, -0.15) is 0 Å². The van der Waals surface area contributed by atoms with E-state index in [1.54, 1.807) is 74.2 Å². The minimum absolute atomic E-state index is 0.0398. The third-order valence-electron chi connectivity index (χ3n) is 12.2. The summed E-state index contributed by atoms with van der Waals surface area (Å²) in [7, 11) is 0. The number of nitrogens with zero attached hydrogens (tertiary/aromatic N) is 3. The summed E-state index contributed by atoms with van der Waals surface area (Å²) < 4.78 is 5.35. The molecule has 0 radical (unpaired) electrons. The normalized spacial score (nSPS) is 17.5. The zero-order valence-electron chi connectivity index (χ0n) is 38.7. The lowest BCUT2D eigenvalue weighted by molar-refractivity contribution is -0.141. The lowest BCUT2D eigenvalue weighted by Crippen LogP contribution is -2.65. The Labute approximate surface area is 383 Å². The Hall–Kier alpha value is -5.87. The minimum Gasteiger partial charge on any atom is -0.465 e. The van der Waals surface area contributed by atoms with Gasteiger partial charge in [0.15, 0.2) is 0 Å². The molecule has 6 N–H and O–H groups in total. The number of rotatable bonds is 19. The molecule has 0 saturated carbocycles. The molecule has 1 spiro atoms. The molecule has 2 aromatic carbocycles. The standard InChI is InChI=1S/C48H70N8O9/c1-33(2)28-37(51-41(58)38(29-34-16-8-6-9-17-34)52-42(59)39(53-44(61)62)30-35-18-10-7-11-19-35)40(57)50-36(20-12-13-23-49-45(63)65-47(3,4)5)43(60)54-26-21-48(22-27-54)31-56(32-48)46(64)55-24-14-15-25-55/h6-11,16-19,33,36-39,53H,12-15,20-32H2,1-5H3,(H,49,63)(H,50,57)(H,51,58)(H,52,59)(H,61,62)/t36-,37-,38-,39-/m1/s1. The topological polar surface area (TPSA) is 219 Å². The molecule has 3 aliphatic heterocycles. The Morgan fingerprint density at radius 2 is 1.17 bits per heavy atom. The number of unbranched alkanes of at least 4 members (excludes halogenated alkanes) is 1. The second-order valence-electron chi connectivity index (χ2n) is 19.3. The molecule has 3 heterocycles. The fraction of sp³-hybridized carbons (Fsp3) is 0.604. The zero-order chi connectivity index (χ0) is 47.1. The van der Waals surface area contributed by atoms with E-state index in [4.69, 9.17) is 4.74 Å². The smallest absolute Gasteiger partial charge is 0.407 e. The van der Waals surface area contributed by atoms with Crippen molar-refractivity contribution in [2.24, 2.45) is 11.3 Å². The van der Waals surface area contributed by atoms with Gasteiger partial charge in [-0.25, -0.2) is 14.4 Å². The van der Waals surface area contributed by atoms with Gasteiger partial charge >= 0.3 is 18.2 Å². The predicted molar refractivity (Wildman–Crippen MR) is 245 cm³/mol. The molecule has 17 heteroatoms. The van der Waals surface area contributed by atoms with Crippen LogP contribution < -0.4 is 26.6 Å². The SMILES string of the molecule is CC(C)C[C@@H](NC(=O)[C@@H](Cc1ccccc1)NC(=O)[C@@H](Cc1ccccc1)NC(=O)O)C(=O)N[C@H](CCCCNC(=O)OC(C)(C)C)C(=O)N1CCC2(CC1)CN(C(=O)N1CCCC1)C2. The summed E-state index contributed by atoms with van der Waals surface area (Å²) >= 11 is 0. The molecular weight excluding hydrogens is 833 g/mol. The number of carbonyl (C=O) groups is 7. The van der Waals surface area contributed by atoms with Gasteiger partial charge in [-0.1, -0.05) is 74.5 Å². The first-order valence-electron chi connectivity index (χ1n) is 23.2. The molecule has 2 aromatic rings. The highest BCUT2D eigenvalue weighted by atomic mass is 16.6. The number of carbonyl (C=O) groups excluding carboxylic acids is 6. The van der Waals surface area contributed by atoms with Crippen molar-refractivity contribution in [1.29, 1.82) is 0 Å². The largest absolute Gasteiger partial charge is 0.465 e. The number of carboxylic acid groups (broad SMARTS) is 1. The number of hydrogen-bond acceptors (Lipinski definition) is 8. The predicted octanol–water partition coefficient (Wildman–Crippen LogP) is 4.44. The van der Waals surface area contributed by atoms with Crippen LogP contribution in [0.1, 0.15) is 97.1 Å². The van der Waals surface area contributed by atoms with Gasteiger partial charge in [-0.3, -0.25) is 19.2 Å². The van der Waals surface area contributed by atoms with Crippen molar-refractivity contribution >= 4 is 41.8 Å². The monoisotopic (exact) mass is 903 g/mol. The first kappa shape index (κ1) is 50.1. The van der Waals surface area contributed by atoms with E-state index in [-0.39, 0.29) is 49.0 Å². The summed E-state index contributed by atoms with van der Waals surface area (Å²) in [6.07, 6.45) is 3.17. The fourth-order valence-electron chi connectivity index (χ4n) is 8.77. The number of ether oxygens (including phenoxy) is 1. The number of nitrogens with one attached hydrogen (secondary N) is 5. The van der Waals surface area contributed by atoms with Gasteiger partial charge in [0.2, 0.25) is 23.6 Å². The molecule has 3 saturated heterocycles. The van der Waals surface area contributed by atoms with Crippen LogP contribution in [0.5, 0.6) is 0 Å². The van der Waals surface area contributed by atoms with Gasteiger partial charge in [-0.05, 0) is 89.2 Å². The van der Waals surface area contributed by atoms with Crippen molar-refractivity contribution in [1.82, 2.24) is 41.3 Å². The van der Waals surface area contributed by atoms with E-state index in [9.17, 15) is 38.7 Å². The number of hydrogen-bond donors (Lipinski definition) is 6. The summed E-state index contributed by atoms with van der Waals surface area (Å²) in [5.41, 5.74) is 0.747. The molecular formula is C48H70N8O9. The quantitative estimate of drug-likeness (QED) is 0.110. The van der Waals surface area contributed by atoms with Crippen molar-refractivity contribution in [2.45, 2.75) is 129 Å². The second-order valence-corrected chi connectivity index (χ2v) is 19.3. The number of amides is 8. The number of benzene rings is 2. The molecule has 0 unspecified atom stereocenters. The van der Waals surface area contributed by atoms with Crippen molar-refractivity contribution < 1.29 is 43.4 Å². The summed E-state index contributed by atoms with van der Waals surface area (Å²) in [4.78, 5) is 99.4. The van der Waals surface area contributed by atoms with E-state index >= 15 is 0 Å². The van der Waals surface area contributed by atoms with Crippen LogP contribution in [0.3, 0.4) is 0 Å². The Morgan fingerprint density at radius 1 is 0.662 bits per heavy atom. The second kappa shape index (κ2) is 23.4. The Kier molecular flexibility index (Phi) is 18.0. The molecule has 0 aliphatic carbocycles. The summed E-state index contributed by atoms with van der Waals surface area (Å²) in [5, 5.41) is 23.2. The lowest BCUT2D eigenvalue weighted by Gasteiger charge is -2.54. The fourth-order valence-corrected chi connectivity index (χ4v) is 8.77. The van der Waals surface area contributed by atoms with Crippen LogP contribution in [0.2, 0.25) is 0 Å². The van der Waals surface area contributed by atoms with Crippen molar-refractivity contribution in [3.8, 4) is 0 Å². The van der Waals surface area contributed by atoms with E-state index in [1.807, 2.05) is 35.8 Å². The van der Waals surface area contributed by atoms with Gasteiger partial charge in [0.1, 0.15) is 29.8 Å². The summed E-state index contributed by atoms with van der Waals surface area (Å²) in [6.45, 7) is 13.3. The molecule has 3 aliphatic rings. The number of likely N-dealkylation sites (tertiary alicyclic amines) is 3. The van der Waals surface area contributed by atoms with E-state index in [1.165, 1.54) is 0 Å². The average molecular weight is 903 g/mol. The number of piperidine rings is 1. The van der Waals surface area contributed by atoms with Crippen molar-refractivity contribution in [2.75, 3.05) is 45.8 Å². The van der Waals surface area contributed by atoms with Crippen LogP contribution in [0.15, 0.2) is 60.7 Å². The first-order valence-corrected chi connectivity index (χ1v) is 23.2. The number of alkyl carbamates (subject to hydrolysis) is 1. The summed E-state index contributed by atoms with van der Waals surface area (Å²) in [5.74, 6) is -2.21. The van der Waals surface area contributed by atoms with E-state index in [0.717, 1.165) is 44.3 Å². The summed E-state index contributed by atoms with van der Waals surface area (Å²) in [6, 6.07) is 13.6. The molecule has 8 amide bonds. The van der Waals surface area contributed by atoms with Crippen LogP contribution in [0.4, 0.5) is 14.4 Å². The van der Waals surface area contributed by atoms with E-state index < -0.39 is 59.7 Å². The van der Waals surface area contributed by atoms with Crippen LogP contribution in [-0.4, -0.2) is 137 Å². The molecule has 356 valence electrons. The molecule has 17 nitrogen and oxygen atoms in total.